The summed E-state index contributed by atoms with van der Waals surface area (Å²) in [7, 11) is -3.31. The molecule has 0 bridgehead atoms. The van der Waals surface area contributed by atoms with Gasteiger partial charge in [0.1, 0.15) is 0 Å². The van der Waals surface area contributed by atoms with Crippen LogP contribution in [0.1, 0.15) is 0 Å². The van der Waals surface area contributed by atoms with Crippen molar-refractivity contribution in [1.29, 1.82) is 0 Å². The van der Waals surface area contributed by atoms with E-state index < -0.39 is 9.84 Å². The molecule has 2 aromatic carbocycles. The monoisotopic (exact) mass is 262 g/mol. The molecule has 0 aromatic heterocycles. The Balaban J connectivity index is 2.42. The Bertz CT molecular complexity index is 652. The number of nitrogens with two attached hydrogens (primary N) is 1. The highest BCUT2D eigenvalue weighted by Gasteiger charge is 2.13. The molecule has 94 valence electrons. The molecule has 5 heteroatoms. The lowest BCUT2D eigenvalue weighted by Crippen LogP contribution is -2.05. The van der Waals surface area contributed by atoms with Gasteiger partial charge in [0.15, 0.2) is 9.84 Å². The molecule has 0 aliphatic heterocycles. The molecule has 0 saturated carbocycles. The van der Waals surface area contributed by atoms with E-state index in [1.165, 1.54) is 6.07 Å². The highest BCUT2D eigenvalue weighted by atomic mass is 32.2. The zero-order chi connectivity index (χ0) is 13.2. The van der Waals surface area contributed by atoms with Gasteiger partial charge in [-0.25, -0.2) is 8.42 Å². The molecule has 4 nitrogen and oxygen atoms in total. The van der Waals surface area contributed by atoms with Crippen LogP contribution in [0.5, 0.6) is 0 Å². The Morgan fingerprint density at radius 2 is 1.67 bits per heavy atom. The molecule has 0 radical (unpaired) electrons. The average Bonchev–Trinajstić information content (AvgIpc) is 2.32. The van der Waals surface area contributed by atoms with Gasteiger partial charge in [0, 0.05) is 11.9 Å². The summed E-state index contributed by atoms with van der Waals surface area (Å²) in [4.78, 5) is 0.142. The van der Waals surface area contributed by atoms with Crippen molar-refractivity contribution >= 4 is 26.9 Å². The summed E-state index contributed by atoms with van der Waals surface area (Å²) in [5, 5.41) is 3.10. The van der Waals surface area contributed by atoms with Crippen molar-refractivity contribution in [2.45, 2.75) is 4.90 Å². The van der Waals surface area contributed by atoms with Gasteiger partial charge in [0.2, 0.25) is 0 Å². The van der Waals surface area contributed by atoms with Crippen LogP contribution in [0.25, 0.3) is 0 Å². The maximum atomic E-state index is 11.6. The number of hydrogen-bond donors (Lipinski definition) is 2. The molecule has 0 saturated heterocycles. The minimum absolute atomic E-state index is 0.142. The van der Waals surface area contributed by atoms with E-state index in [0.717, 1.165) is 11.9 Å². The molecule has 0 fully saturated rings. The fourth-order valence-electron chi connectivity index (χ4n) is 1.65. The number of sulfone groups is 1. The minimum Gasteiger partial charge on any atom is -0.396 e. The average molecular weight is 262 g/mol. The number of anilines is 3. The standard InChI is InChI=1S/C13H14N2O2S/c1-18(16,17)12-9-5-8-11(13(12)14)15-10-6-3-2-4-7-10/h2-9,15H,14H2,1H3. The molecule has 0 aliphatic carbocycles. The third kappa shape index (κ3) is 2.62. The Labute approximate surface area is 106 Å². The molecule has 0 heterocycles. The third-order valence-electron chi connectivity index (χ3n) is 2.52. The van der Waals surface area contributed by atoms with Gasteiger partial charge in [0.25, 0.3) is 0 Å². The Kier molecular flexibility index (Phi) is 3.25. The second-order valence-corrected chi connectivity index (χ2v) is 5.96. The predicted octanol–water partition coefficient (Wildman–Crippen LogP) is 2.42. The van der Waals surface area contributed by atoms with Crippen LogP contribution < -0.4 is 11.1 Å². The quantitative estimate of drug-likeness (QED) is 0.833. The van der Waals surface area contributed by atoms with Crippen molar-refractivity contribution < 1.29 is 8.42 Å². The minimum atomic E-state index is -3.31. The van der Waals surface area contributed by atoms with Crippen LogP contribution in [0.4, 0.5) is 17.1 Å². The number of para-hydroxylation sites is 2. The van der Waals surface area contributed by atoms with Crippen LogP contribution >= 0.6 is 0 Å². The second kappa shape index (κ2) is 4.70. The van der Waals surface area contributed by atoms with E-state index >= 15 is 0 Å². The van der Waals surface area contributed by atoms with Crippen molar-refractivity contribution in [2.24, 2.45) is 0 Å². The van der Waals surface area contributed by atoms with Crippen molar-refractivity contribution in [3.63, 3.8) is 0 Å². The van der Waals surface area contributed by atoms with Crippen LogP contribution in [0, 0.1) is 0 Å². The smallest absolute Gasteiger partial charge is 0.177 e. The summed E-state index contributed by atoms with van der Waals surface area (Å²) in [6.07, 6.45) is 1.14. The number of hydrogen-bond acceptors (Lipinski definition) is 4. The van der Waals surface area contributed by atoms with E-state index in [4.69, 9.17) is 5.73 Å². The molecule has 0 amide bonds. The van der Waals surface area contributed by atoms with E-state index in [1.54, 1.807) is 12.1 Å². The molecular formula is C13H14N2O2S. The molecular weight excluding hydrogens is 248 g/mol. The van der Waals surface area contributed by atoms with Gasteiger partial charge in [-0.3, -0.25) is 0 Å². The van der Waals surface area contributed by atoms with Gasteiger partial charge < -0.3 is 11.1 Å². The molecule has 0 atom stereocenters. The molecule has 0 aliphatic rings. The zero-order valence-electron chi connectivity index (χ0n) is 9.92. The Morgan fingerprint density at radius 3 is 2.28 bits per heavy atom. The van der Waals surface area contributed by atoms with Gasteiger partial charge in [-0.15, -0.1) is 0 Å². The van der Waals surface area contributed by atoms with Gasteiger partial charge >= 0.3 is 0 Å². The summed E-state index contributed by atoms with van der Waals surface area (Å²) >= 11 is 0. The Morgan fingerprint density at radius 1 is 1.00 bits per heavy atom. The summed E-state index contributed by atoms with van der Waals surface area (Å²) in [6, 6.07) is 14.4. The molecule has 18 heavy (non-hydrogen) atoms. The van der Waals surface area contributed by atoms with Crippen LogP contribution in [0.3, 0.4) is 0 Å². The van der Waals surface area contributed by atoms with Crippen molar-refractivity contribution in [3.05, 3.63) is 48.5 Å². The first kappa shape index (κ1) is 12.4. The molecule has 3 N–H and O–H groups in total. The van der Waals surface area contributed by atoms with Crippen LogP contribution in [-0.4, -0.2) is 14.7 Å². The fraction of sp³-hybridized carbons (Fsp3) is 0.0769. The van der Waals surface area contributed by atoms with E-state index in [9.17, 15) is 8.42 Å². The number of rotatable bonds is 3. The lowest BCUT2D eigenvalue weighted by Gasteiger charge is -2.11. The Hall–Kier alpha value is -2.01. The van der Waals surface area contributed by atoms with Crippen molar-refractivity contribution in [2.75, 3.05) is 17.3 Å². The van der Waals surface area contributed by atoms with Crippen LogP contribution in [-0.2, 0) is 9.84 Å². The van der Waals surface area contributed by atoms with Crippen molar-refractivity contribution in [1.82, 2.24) is 0 Å². The lowest BCUT2D eigenvalue weighted by atomic mass is 10.2. The second-order valence-electron chi connectivity index (χ2n) is 3.98. The molecule has 2 rings (SSSR count). The third-order valence-corrected chi connectivity index (χ3v) is 3.67. The maximum Gasteiger partial charge on any atom is 0.177 e. The largest absolute Gasteiger partial charge is 0.396 e. The first-order valence-corrected chi connectivity index (χ1v) is 7.28. The summed E-state index contributed by atoms with van der Waals surface area (Å²) in [5.74, 6) is 0. The van der Waals surface area contributed by atoms with Gasteiger partial charge in [-0.1, -0.05) is 24.3 Å². The zero-order valence-corrected chi connectivity index (χ0v) is 10.7. The van der Waals surface area contributed by atoms with Crippen LogP contribution in [0.2, 0.25) is 0 Å². The van der Waals surface area contributed by atoms with Crippen LogP contribution in [0.15, 0.2) is 53.4 Å². The molecule has 0 unspecified atom stereocenters. The highest BCUT2D eigenvalue weighted by Crippen LogP contribution is 2.28. The van der Waals surface area contributed by atoms with Gasteiger partial charge in [-0.05, 0) is 24.3 Å². The van der Waals surface area contributed by atoms with Crippen molar-refractivity contribution in [3.8, 4) is 0 Å². The van der Waals surface area contributed by atoms with E-state index in [1.807, 2.05) is 30.3 Å². The number of benzene rings is 2. The highest BCUT2D eigenvalue weighted by molar-refractivity contribution is 7.90. The number of nitrogens with one attached hydrogen (secondary N) is 1. The number of nitrogen functional groups attached to an aromatic ring is 1. The first-order chi connectivity index (χ1) is 8.48. The SMILES string of the molecule is CS(=O)(=O)c1cccc(Nc2ccccc2)c1N. The van der Waals surface area contributed by atoms with E-state index in [0.29, 0.717) is 5.69 Å². The van der Waals surface area contributed by atoms with E-state index in [2.05, 4.69) is 5.32 Å². The summed E-state index contributed by atoms with van der Waals surface area (Å²) < 4.78 is 23.1. The van der Waals surface area contributed by atoms with E-state index in [-0.39, 0.29) is 10.6 Å². The lowest BCUT2D eigenvalue weighted by molar-refractivity contribution is 0.602. The molecule has 0 spiro atoms. The molecule has 2 aromatic rings. The summed E-state index contributed by atoms with van der Waals surface area (Å²) in [6.45, 7) is 0. The summed E-state index contributed by atoms with van der Waals surface area (Å²) in [5.41, 5.74) is 7.56. The van der Waals surface area contributed by atoms with Gasteiger partial charge in [-0.2, -0.15) is 0 Å². The maximum absolute atomic E-state index is 11.6. The normalized spacial score (nSPS) is 11.2. The fourth-order valence-corrected chi connectivity index (χ4v) is 2.49. The topological polar surface area (TPSA) is 72.2 Å². The van der Waals surface area contributed by atoms with Gasteiger partial charge in [0.05, 0.1) is 16.3 Å². The first-order valence-electron chi connectivity index (χ1n) is 5.39. The predicted molar refractivity (Wildman–Crippen MR) is 73.7 cm³/mol.